The number of unbranched alkanes of at least 4 members (excludes halogenated alkanes) is 1. The number of fused-ring (bicyclic) bond motifs is 1. The molecule has 0 atom stereocenters. The summed E-state index contributed by atoms with van der Waals surface area (Å²) in [7, 11) is 0. The number of hydrogen-bond acceptors (Lipinski definition) is 2. The van der Waals surface area contributed by atoms with Crippen molar-refractivity contribution in [3.05, 3.63) is 82.9 Å². The van der Waals surface area contributed by atoms with Gasteiger partial charge in [-0.2, -0.15) is 0 Å². The SMILES string of the molecule is CCCCC1COC(c2ccc3c(F)c(CCc4ccc(F)cc4)ccc3c2)OC1. The topological polar surface area (TPSA) is 18.5 Å². The lowest BCUT2D eigenvalue weighted by molar-refractivity contribution is -0.206. The summed E-state index contributed by atoms with van der Waals surface area (Å²) >= 11 is 0. The lowest BCUT2D eigenvalue weighted by atomic mass is 9.98. The zero-order chi connectivity index (χ0) is 20.9. The lowest BCUT2D eigenvalue weighted by Crippen LogP contribution is -2.27. The predicted octanol–water partition coefficient (Wildman–Crippen LogP) is 6.76. The van der Waals surface area contributed by atoms with Gasteiger partial charge in [0.1, 0.15) is 11.6 Å². The molecule has 3 aromatic rings. The zero-order valence-electron chi connectivity index (χ0n) is 17.4. The van der Waals surface area contributed by atoms with E-state index in [9.17, 15) is 4.39 Å². The largest absolute Gasteiger partial charge is 0.348 e. The number of halogens is 2. The molecule has 1 saturated heterocycles. The average molecular weight is 411 g/mol. The summed E-state index contributed by atoms with van der Waals surface area (Å²) in [5.41, 5.74) is 2.59. The maximum Gasteiger partial charge on any atom is 0.183 e. The Hall–Kier alpha value is -2.30. The van der Waals surface area contributed by atoms with E-state index < -0.39 is 0 Å². The molecule has 2 nitrogen and oxygen atoms in total. The van der Waals surface area contributed by atoms with Crippen LogP contribution in [0.5, 0.6) is 0 Å². The van der Waals surface area contributed by atoms with Crippen LogP contribution >= 0.6 is 0 Å². The van der Waals surface area contributed by atoms with Gasteiger partial charge in [-0.1, -0.05) is 56.2 Å². The summed E-state index contributed by atoms with van der Waals surface area (Å²) in [6, 6.07) is 15.8. The molecule has 0 saturated carbocycles. The fraction of sp³-hybridized carbons (Fsp3) is 0.385. The van der Waals surface area contributed by atoms with E-state index >= 15 is 4.39 Å². The standard InChI is InChI=1S/C26H28F2O2/c1-2-3-4-19-16-29-26(30-17-19)22-11-14-24-21(15-22)10-9-20(25(24)28)8-5-18-6-12-23(27)13-7-18/h6-7,9-15,19,26H,2-5,8,16-17H2,1H3. The van der Waals surface area contributed by atoms with E-state index in [-0.39, 0.29) is 17.9 Å². The Morgan fingerprint density at radius 3 is 2.40 bits per heavy atom. The minimum atomic E-state index is -0.381. The summed E-state index contributed by atoms with van der Waals surface area (Å²) in [6.45, 7) is 3.61. The second-order valence-electron chi connectivity index (χ2n) is 8.15. The Kier molecular flexibility index (Phi) is 6.76. The first-order valence-corrected chi connectivity index (χ1v) is 10.8. The summed E-state index contributed by atoms with van der Waals surface area (Å²) in [5.74, 6) is 0.0166. The molecule has 1 heterocycles. The van der Waals surface area contributed by atoms with E-state index in [0.29, 0.717) is 42.9 Å². The van der Waals surface area contributed by atoms with Gasteiger partial charge in [0.25, 0.3) is 0 Å². The lowest BCUT2D eigenvalue weighted by Gasteiger charge is -2.29. The van der Waals surface area contributed by atoms with Crippen molar-refractivity contribution in [3.63, 3.8) is 0 Å². The predicted molar refractivity (Wildman–Crippen MR) is 115 cm³/mol. The normalized spacial score (nSPS) is 19.3. The molecule has 4 heteroatoms. The fourth-order valence-corrected chi connectivity index (χ4v) is 4.02. The number of rotatable bonds is 7. The zero-order valence-corrected chi connectivity index (χ0v) is 17.4. The Labute approximate surface area is 176 Å². The van der Waals surface area contributed by atoms with Crippen LogP contribution in [0.1, 0.15) is 49.2 Å². The number of ether oxygens (including phenoxy) is 2. The molecule has 0 radical (unpaired) electrons. The van der Waals surface area contributed by atoms with Crippen LogP contribution in [-0.2, 0) is 22.3 Å². The van der Waals surface area contributed by atoms with E-state index in [2.05, 4.69) is 6.92 Å². The molecule has 1 aliphatic heterocycles. The smallest absolute Gasteiger partial charge is 0.183 e. The molecule has 0 N–H and O–H groups in total. The monoisotopic (exact) mass is 410 g/mol. The molecule has 0 unspecified atom stereocenters. The second-order valence-corrected chi connectivity index (χ2v) is 8.15. The third kappa shape index (κ3) is 4.88. The molecule has 0 aliphatic carbocycles. The molecule has 0 bridgehead atoms. The fourth-order valence-electron chi connectivity index (χ4n) is 4.02. The molecule has 158 valence electrons. The van der Waals surface area contributed by atoms with Gasteiger partial charge in [0.2, 0.25) is 0 Å². The summed E-state index contributed by atoms with van der Waals surface area (Å²) in [5, 5.41) is 1.45. The first-order chi connectivity index (χ1) is 14.6. The van der Waals surface area contributed by atoms with Crippen LogP contribution in [0.2, 0.25) is 0 Å². The highest BCUT2D eigenvalue weighted by atomic mass is 19.1. The summed E-state index contributed by atoms with van der Waals surface area (Å²) in [4.78, 5) is 0. The second kappa shape index (κ2) is 9.67. The quantitative estimate of drug-likeness (QED) is 0.429. The van der Waals surface area contributed by atoms with Crippen molar-refractivity contribution < 1.29 is 18.3 Å². The molecule has 4 rings (SSSR count). The molecule has 30 heavy (non-hydrogen) atoms. The number of benzene rings is 3. The summed E-state index contributed by atoms with van der Waals surface area (Å²) in [6.07, 6.45) is 4.37. The van der Waals surface area contributed by atoms with Crippen LogP contribution in [0.15, 0.2) is 54.6 Å². The van der Waals surface area contributed by atoms with E-state index in [1.54, 1.807) is 12.1 Å². The molecule has 0 spiro atoms. The molecule has 0 amide bonds. The van der Waals surface area contributed by atoms with Gasteiger partial charge in [0, 0.05) is 16.9 Å². The van der Waals surface area contributed by atoms with E-state index in [0.717, 1.165) is 22.9 Å². The highest BCUT2D eigenvalue weighted by Crippen LogP contribution is 2.31. The third-order valence-electron chi connectivity index (χ3n) is 5.86. The van der Waals surface area contributed by atoms with Gasteiger partial charge >= 0.3 is 0 Å². The van der Waals surface area contributed by atoms with Crippen LogP contribution in [0.3, 0.4) is 0 Å². The number of aryl methyl sites for hydroxylation is 2. The van der Waals surface area contributed by atoms with Crippen molar-refractivity contribution in [3.8, 4) is 0 Å². The first kappa shape index (κ1) is 21.0. The van der Waals surface area contributed by atoms with Gasteiger partial charge in [-0.05, 0) is 54.0 Å². The molecular weight excluding hydrogens is 382 g/mol. The van der Waals surface area contributed by atoms with Crippen LogP contribution in [0, 0.1) is 17.6 Å². The third-order valence-corrected chi connectivity index (χ3v) is 5.86. The minimum absolute atomic E-state index is 0.189. The van der Waals surface area contributed by atoms with Gasteiger partial charge in [-0.3, -0.25) is 0 Å². The van der Waals surface area contributed by atoms with Crippen molar-refractivity contribution >= 4 is 10.8 Å². The van der Waals surface area contributed by atoms with E-state index in [4.69, 9.17) is 9.47 Å². The highest BCUT2D eigenvalue weighted by Gasteiger charge is 2.23. The first-order valence-electron chi connectivity index (χ1n) is 10.8. The number of hydrogen-bond donors (Lipinski definition) is 0. The molecular formula is C26H28F2O2. The van der Waals surface area contributed by atoms with Gasteiger partial charge in [-0.25, -0.2) is 8.78 Å². The van der Waals surface area contributed by atoms with Crippen LogP contribution < -0.4 is 0 Å². The maximum absolute atomic E-state index is 15.1. The van der Waals surface area contributed by atoms with Crippen LogP contribution in [0.4, 0.5) is 8.78 Å². The van der Waals surface area contributed by atoms with Gasteiger partial charge in [-0.15, -0.1) is 0 Å². The Morgan fingerprint density at radius 2 is 1.67 bits per heavy atom. The van der Waals surface area contributed by atoms with Crippen LogP contribution in [0.25, 0.3) is 10.8 Å². The minimum Gasteiger partial charge on any atom is -0.348 e. The highest BCUT2D eigenvalue weighted by molar-refractivity contribution is 5.84. The van der Waals surface area contributed by atoms with E-state index in [1.165, 1.54) is 25.0 Å². The Bertz CT molecular complexity index is 976. The van der Waals surface area contributed by atoms with Crippen molar-refractivity contribution in [1.82, 2.24) is 0 Å². The van der Waals surface area contributed by atoms with Crippen molar-refractivity contribution in [2.45, 2.75) is 45.3 Å². The summed E-state index contributed by atoms with van der Waals surface area (Å²) < 4.78 is 40.0. The Balaban J connectivity index is 1.44. The molecule has 1 fully saturated rings. The van der Waals surface area contributed by atoms with Gasteiger partial charge < -0.3 is 9.47 Å². The van der Waals surface area contributed by atoms with Crippen molar-refractivity contribution in [2.24, 2.45) is 5.92 Å². The average Bonchev–Trinajstić information content (AvgIpc) is 2.78. The molecule has 1 aliphatic rings. The Morgan fingerprint density at radius 1 is 0.900 bits per heavy atom. The maximum atomic E-state index is 15.1. The van der Waals surface area contributed by atoms with Crippen molar-refractivity contribution in [2.75, 3.05) is 13.2 Å². The van der Waals surface area contributed by atoms with Gasteiger partial charge in [0.15, 0.2) is 6.29 Å². The molecule has 0 aromatic heterocycles. The van der Waals surface area contributed by atoms with E-state index in [1.807, 2.05) is 30.3 Å². The molecule has 3 aromatic carbocycles. The van der Waals surface area contributed by atoms with Crippen molar-refractivity contribution in [1.29, 1.82) is 0 Å². The van der Waals surface area contributed by atoms with Gasteiger partial charge in [0.05, 0.1) is 13.2 Å². The van der Waals surface area contributed by atoms with Crippen LogP contribution in [-0.4, -0.2) is 13.2 Å².